The van der Waals surface area contributed by atoms with Crippen LogP contribution in [0.25, 0.3) is 0 Å². The molecule has 2 aliphatic rings. The number of carbonyl (C=O) groups excluding carboxylic acids is 1. The number of carbonyl (C=O) groups is 1. The third-order valence-corrected chi connectivity index (χ3v) is 10.3. The van der Waals surface area contributed by atoms with Gasteiger partial charge in [0.05, 0.1) is 32.0 Å². The number of aliphatic hydroxyl groups excluding tert-OH is 8. The highest BCUT2D eigenvalue weighted by Crippen LogP contribution is 2.29. The maximum atomic E-state index is 13.1. The predicted octanol–water partition coefficient (Wildman–Crippen LogP) is 4.26. The summed E-state index contributed by atoms with van der Waals surface area (Å²) in [5.74, 6) is -0.302. The van der Waals surface area contributed by atoms with E-state index in [1.165, 1.54) is 12.8 Å². The zero-order chi connectivity index (χ0) is 44.7. The van der Waals surface area contributed by atoms with Crippen LogP contribution in [0.5, 0.6) is 0 Å². The van der Waals surface area contributed by atoms with Crippen LogP contribution in [0.15, 0.2) is 85.1 Å². The van der Waals surface area contributed by atoms with E-state index in [2.05, 4.69) is 92.1 Å². The molecular formula is C47H77NO13. The molecule has 0 radical (unpaired) electrons. The largest absolute Gasteiger partial charge is 0.394 e. The Morgan fingerprint density at radius 3 is 1.74 bits per heavy atom. The second-order valence-electron chi connectivity index (χ2n) is 15.4. The van der Waals surface area contributed by atoms with E-state index in [1.807, 2.05) is 6.08 Å². The summed E-state index contributed by atoms with van der Waals surface area (Å²) >= 11 is 0. The van der Waals surface area contributed by atoms with Crippen molar-refractivity contribution < 1.29 is 64.6 Å². The summed E-state index contributed by atoms with van der Waals surface area (Å²) in [6.45, 7) is 2.51. The number of hydrogen-bond acceptors (Lipinski definition) is 13. The Morgan fingerprint density at radius 1 is 0.607 bits per heavy atom. The molecular weight excluding hydrogens is 787 g/mol. The molecule has 0 bridgehead atoms. The first kappa shape index (κ1) is 54.3. The molecule has 348 valence electrons. The lowest BCUT2D eigenvalue weighted by atomic mass is 9.97. The van der Waals surface area contributed by atoms with Gasteiger partial charge in [-0.1, -0.05) is 112 Å². The molecule has 14 nitrogen and oxygen atoms in total. The molecule has 0 saturated carbocycles. The molecule has 0 aliphatic carbocycles. The van der Waals surface area contributed by atoms with Crippen molar-refractivity contribution in [1.29, 1.82) is 0 Å². The van der Waals surface area contributed by atoms with E-state index < -0.39 is 86.8 Å². The van der Waals surface area contributed by atoms with Gasteiger partial charge in [-0.05, 0) is 77.0 Å². The van der Waals surface area contributed by atoms with E-state index >= 15 is 0 Å². The van der Waals surface area contributed by atoms with E-state index in [4.69, 9.17) is 18.9 Å². The van der Waals surface area contributed by atoms with Gasteiger partial charge < -0.3 is 65.1 Å². The van der Waals surface area contributed by atoms with Crippen molar-refractivity contribution in [3.8, 4) is 0 Å². The Bertz CT molecular complexity index is 1350. The molecule has 2 aliphatic heterocycles. The van der Waals surface area contributed by atoms with Crippen molar-refractivity contribution in [3.05, 3.63) is 85.1 Å². The quantitative estimate of drug-likeness (QED) is 0.0351. The first-order valence-corrected chi connectivity index (χ1v) is 22.3. The van der Waals surface area contributed by atoms with Crippen LogP contribution in [-0.4, -0.2) is 140 Å². The molecule has 0 aromatic heterocycles. The molecule has 12 atom stereocenters. The van der Waals surface area contributed by atoms with Crippen molar-refractivity contribution in [3.63, 3.8) is 0 Å². The summed E-state index contributed by atoms with van der Waals surface area (Å²) in [7, 11) is 0. The van der Waals surface area contributed by atoms with Crippen LogP contribution in [0.2, 0.25) is 0 Å². The maximum Gasteiger partial charge on any atom is 0.220 e. The van der Waals surface area contributed by atoms with Crippen LogP contribution < -0.4 is 5.32 Å². The van der Waals surface area contributed by atoms with Crippen LogP contribution in [0.4, 0.5) is 0 Å². The van der Waals surface area contributed by atoms with Gasteiger partial charge in [0.2, 0.25) is 5.91 Å². The highest BCUT2D eigenvalue weighted by atomic mass is 16.7. The van der Waals surface area contributed by atoms with Gasteiger partial charge in [0, 0.05) is 6.42 Å². The summed E-state index contributed by atoms with van der Waals surface area (Å²) in [5.41, 5.74) is 0. The minimum Gasteiger partial charge on any atom is -0.394 e. The van der Waals surface area contributed by atoms with E-state index in [-0.39, 0.29) is 18.9 Å². The van der Waals surface area contributed by atoms with Crippen LogP contribution in [0, 0.1) is 0 Å². The highest BCUT2D eigenvalue weighted by molar-refractivity contribution is 5.76. The molecule has 2 saturated heterocycles. The number of aliphatic hydroxyl groups is 8. The summed E-state index contributed by atoms with van der Waals surface area (Å²) in [5, 5.41) is 86.3. The Morgan fingerprint density at radius 2 is 1.13 bits per heavy atom. The van der Waals surface area contributed by atoms with Crippen molar-refractivity contribution in [2.45, 2.75) is 184 Å². The average Bonchev–Trinajstić information content (AvgIpc) is 3.26. The molecule has 2 fully saturated rings. The molecule has 1 amide bonds. The van der Waals surface area contributed by atoms with Crippen molar-refractivity contribution in [2.75, 3.05) is 19.8 Å². The SMILES string of the molecule is CC/C=C\C/C=C\C/C=C\C/C=C\CCCCC(=O)NC(COC1OC(CO)C(OC2OC(CO)C(O)C(O)C2O)C(O)C1O)C(O)/C=C/CC/C=C/CC/C=C/CCCC. The zero-order valence-corrected chi connectivity index (χ0v) is 36.4. The van der Waals surface area contributed by atoms with Crippen molar-refractivity contribution in [1.82, 2.24) is 5.32 Å². The van der Waals surface area contributed by atoms with Gasteiger partial charge in [0.25, 0.3) is 0 Å². The predicted molar refractivity (Wildman–Crippen MR) is 235 cm³/mol. The smallest absolute Gasteiger partial charge is 0.220 e. The first-order chi connectivity index (χ1) is 29.6. The summed E-state index contributed by atoms with van der Waals surface area (Å²) in [4.78, 5) is 13.1. The average molecular weight is 864 g/mol. The van der Waals surface area contributed by atoms with E-state index in [9.17, 15) is 45.6 Å². The topological polar surface area (TPSA) is 228 Å². The number of allylic oxidation sites excluding steroid dienone is 13. The van der Waals surface area contributed by atoms with Crippen LogP contribution in [0.3, 0.4) is 0 Å². The lowest BCUT2D eigenvalue weighted by Gasteiger charge is -2.46. The second kappa shape index (κ2) is 33.7. The molecule has 14 heteroatoms. The fourth-order valence-electron chi connectivity index (χ4n) is 6.59. The lowest BCUT2D eigenvalue weighted by Crippen LogP contribution is -2.65. The number of ether oxygens (including phenoxy) is 4. The van der Waals surface area contributed by atoms with E-state index in [0.717, 1.165) is 64.2 Å². The monoisotopic (exact) mass is 864 g/mol. The number of hydrogen-bond donors (Lipinski definition) is 9. The van der Waals surface area contributed by atoms with Gasteiger partial charge in [0.15, 0.2) is 12.6 Å². The van der Waals surface area contributed by atoms with Crippen molar-refractivity contribution in [2.24, 2.45) is 0 Å². The molecule has 61 heavy (non-hydrogen) atoms. The summed E-state index contributed by atoms with van der Waals surface area (Å²) < 4.78 is 22.5. The maximum absolute atomic E-state index is 13.1. The van der Waals surface area contributed by atoms with Gasteiger partial charge >= 0.3 is 0 Å². The van der Waals surface area contributed by atoms with Gasteiger partial charge in [-0.3, -0.25) is 4.79 Å². The molecule has 0 spiro atoms. The van der Waals surface area contributed by atoms with Crippen molar-refractivity contribution >= 4 is 5.91 Å². The minimum absolute atomic E-state index is 0.212. The number of amides is 1. The number of unbranched alkanes of at least 4 members (excludes halogenated alkanes) is 6. The Kier molecular flexibility index (Phi) is 30.0. The Balaban J connectivity index is 1.95. The Labute approximate surface area is 363 Å². The molecule has 2 heterocycles. The summed E-state index contributed by atoms with van der Waals surface area (Å²) in [6, 6.07) is -0.961. The third-order valence-electron chi connectivity index (χ3n) is 10.3. The van der Waals surface area contributed by atoms with Crippen LogP contribution >= 0.6 is 0 Å². The first-order valence-electron chi connectivity index (χ1n) is 22.3. The van der Waals surface area contributed by atoms with Gasteiger partial charge in [0.1, 0.15) is 48.8 Å². The normalized spacial score (nSPS) is 28.8. The Hall–Kier alpha value is -2.83. The highest BCUT2D eigenvalue weighted by Gasteiger charge is 2.50. The van der Waals surface area contributed by atoms with E-state index in [0.29, 0.717) is 12.8 Å². The molecule has 0 aromatic carbocycles. The summed E-state index contributed by atoms with van der Waals surface area (Å²) in [6.07, 6.45) is 25.0. The standard InChI is InChI=1S/C47H77NO13/c1-3-5-7-9-11-13-15-17-18-19-21-23-25-27-29-31-39(52)48-35(36(51)30-28-26-24-22-20-16-14-12-10-8-6-4-2)34-58-46-44(57)42(55)45(38(33-50)60-46)61-47-43(56)41(54)40(53)37(32-49)59-47/h5,7,10-13,17-18,20-23,28,30,35-38,40-47,49-51,53-57H,3-4,6,8-9,14-16,19,24-27,29,31-34H2,1-2H3,(H,48,52)/b7-5-,12-10+,13-11-,18-17-,22-20+,23-21-,30-28+. The molecule has 9 N–H and O–H groups in total. The van der Waals surface area contributed by atoms with Crippen LogP contribution in [0.1, 0.15) is 110 Å². The fraction of sp³-hybridized carbons (Fsp3) is 0.681. The number of nitrogens with one attached hydrogen (secondary N) is 1. The minimum atomic E-state index is -1.80. The molecule has 2 rings (SSSR count). The fourth-order valence-corrected chi connectivity index (χ4v) is 6.59. The molecule has 12 unspecified atom stereocenters. The van der Waals surface area contributed by atoms with E-state index in [1.54, 1.807) is 6.08 Å². The van der Waals surface area contributed by atoms with Crippen LogP contribution in [-0.2, 0) is 23.7 Å². The van der Waals surface area contributed by atoms with Gasteiger partial charge in [-0.15, -0.1) is 0 Å². The number of rotatable bonds is 31. The zero-order valence-electron chi connectivity index (χ0n) is 36.4. The van der Waals surface area contributed by atoms with Gasteiger partial charge in [-0.25, -0.2) is 0 Å². The van der Waals surface area contributed by atoms with Gasteiger partial charge in [-0.2, -0.15) is 0 Å². The molecule has 0 aromatic rings. The lowest BCUT2D eigenvalue weighted by molar-refractivity contribution is -0.359. The second-order valence-corrected chi connectivity index (χ2v) is 15.4. The third kappa shape index (κ3) is 21.9.